The number of hydrogen-bond acceptors (Lipinski definition) is 6. The molecule has 0 N–H and O–H groups in total. The van der Waals surface area contributed by atoms with E-state index in [4.69, 9.17) is 14.2 Å². The van der Waals surface area contributed by atoms with Gasteiger partial charge in [0.05, 0.1) is 0 Å². The Morgan fingerprint density at radius 2 is 0.582 bits per heavy atom. The number of allylic oxidation sites excluding steroid dienone is 10. The molecule has 0 radical (unpaired) electrons. The molecule has 0 heterocycles. The summed E-state index contributed by atoms with van der Waals surface area (Å²) in [6.45, 7) is 6.46. The maximum atomic E-state index is 12.7. The van der Waals surface area contributed by atoms with Crippen LogP contribution in [0.1, 0.15) is 290 Å². The van der Waals surface area contributed by atoms with Gasteiger partial charge in [-0.1, -0.05) is 268 Å². The van der Waals surface area contributed by atoms with E-state index in [2.05, 4.69) is 81.5 Å². The first-order valence-corrected chi connectivity index (χ1v) is 28.8. The Labute approximate surface area is 415 Å². The molecule has 0 amide bonds. The van der Waals surface area contributed by atoms with Gasteiger partial charge in [0.25, 0.3) is 0 Å². The van der Waals surface area contributed by atoms with Gasteiger partial charge < -0.3 is 14.2 Å². The fourth-order valence-electron chi connectivity index (χ4n) is 8.24. The molecule has 388 valence electrons. The fourth-order valence-corrected chi connectivity index (χ4v) is 8.24. The minimum atomic E-state index is -0.765. The van der Waals surface area contributed by atoms with Crippen molar-refractivity contribution in [1.82, 2.24) is 0 Å². The number of hydrogen-bond donors (Lipinski definition) is 0. The highest BCUT2D eigenvalue weighted by atomic mass is 16.6. The largest absolute Gasteiger partial charge is 0.462 e. The maximum Gasteiger partial charge on any atom is 0.306 e. The summed E-state index contributed by atoms with van der Waals surface area (Å²) in [6, 6.07) is 0. The smallest absolute Gasteiger partial charge is 0.306 e. The molecule has 0 aromatic rings. The topological polar surface area (TPSA) is 78.9 Å². The van der Waals surface area contributed by atoms with E-state index in [9.17, 15) is 14.4 Å². The van der Waals surface area contributed by atoms with E-state index in [1.54, 1.807) is 0 Å². The second-order valence-electron chi connectivity index (χ2n) is 19.2. The molecule has 0 fully saturated rings. The molecule has 0 saturated heterocycles. The molecule has 1 unspecified atom stereocenters. The first kappa shape index (κ1) is 64.1. The van der Waals surface area contributed by atoms with Gasteiger partial charge in [-0.25, -0.2) is 0 Å². The average Bonchev–Trinajstić information content (AvgIpc) is 3.33. The van der Waals surface area contributed by atoms with E-state index in [0.29, 0.717) is 19.3 Å². The van der Waals surface area contributed by atoms with Gasteiger partial charge in [-0.15, -0.1) is 0 Å². The van der Waals surface area contributed by atoms with Crippen molar-refractivity contribution in [2.75, 3.05) is 13.2 Å². The van der Waals surface area contributed by atoms with Crippen LogP contribution in [0.5, 0.6) is 0 Å². The fraction of sp³-hybridized carbons (Fsp3) is 0.787. The zero-order chi connectivity index (χ0) is 48.6. The molecular formula is C61H108O6. The number of rotatable bonds is 52. The van der Waals surface area contributed by atoms with Crippen LogP contribution in [-0.4, -0.2) is 37.2 Å². The quantitative estimate of drug-likeness (QED) is 0.0262. The van der Waals surface area contributed by atoms with Crippen LogP contribution in [0.3, 0.4) is 0 Å². The van der Waals surface area contributed by atoms with E-state index in [-0.39, 0.29) is 31.1 Å². The molecule has 0 spiro atoms. The Balaban J connectivity index is 3.95. The van der Waals surface area contributed by atoms with Crippen molar-refractivity contribution >= 4 is 17.9 Å². The lowest BCUT2D eigenvalue weighted by Crippen LogP contribution is -2.30. The van der Waals surface area contributed by atoms with Gasteiger partial charge in [-0.05, 0) is 64.2 Å². The second-order valence-corrected chi connectivity index (χ2v) is 19.2. The minimum absolute atomic E-state index is 0.0701. The van der Waals surface area contributed by atoms with Crippen LogP contribution < -0.4 is 0 Å². The molecule has 0 aliphatic heterocycles. The normalized spacial score (nSPS) is 12.5. The van der Waals surface area contributed by atoms with Crippen LogP contribution in [0.15, 0.2) is 60.8 Å². The molecule has 6 heteroatoms. The van der Waals surface area contributed by atoms with E-state index in [1.165, 1.54) is 154 Å². The van der Waals surface area contributed by atoms with Crippen LogP contribution in [0.2, 0.25) is 0 Å². The molecular weight excluding hydrogens is 829 g/mol. The Bertz CT molecular complexity index is 1210. The third-order valence-corrected chi connectivity index (χ3v) is 12.5. The van der Waals surface area contributed by atoms with Gasteiger partial charge in [0.15, 0.2) is 6.10 Å². The minimum Gasteiger partial charge on any atom is -0.462 e. The predicted molar refractivity (Wildman–Crippen MR) is 288 cm³/mol. The van der Waals surface area contributed by atoms with Crippen molar-refractivity contribution in [3.05, 3.63) is 60.8 Å². The zero-order valence-corrected chi connectivity index (χ0v) is 44.4. The molecule has 1 atom stereocenters. The highest BCUT2D eigenvalue weighted by Gasteiger charge is 2.19. The Hall–Kier alpha value is -2.89. The van der Waals surface area contributed by atoms with Crippen molar-refractivity contribution in [1.29, 1.82) is 0 Å². The Morgan fingerprint density at radius 1 is 0.313 bits per heavy atom. The standard InChI is InChI=1S/C61H108O6/c1-4-7-10-13-15-17-19-21-22-23-24-25-26-27-28-29-30-31-32-33-34-35-36-37-38-40-41-43-45-48-51-54-60(63)66-57-58(56-65-59(62)53-50-47-12-9-6-3)67-61(64)55-52-49-46-44-42-39-20-18-16-14-11-8-5-2/h7,10,15,17,21-22,24-25,27-28,58H,4-6,8-9,11-14,16,18-20,23,26,29-57H2,1-3H3/b10-7-,17-15-,22-21-,25-24-,28-27-. The lowest BCUT2D eigenvalue weighted by Gasteiger charge is -2.18. The summed E-state index contributed by atoms with van der Waals surface area (Å²) in [4.78, 5) is 37.7. The van der Waals surface area contributed by atoms with Gasteiger partial charge in [-0.3, -0.25) is 14.4 Å². The number of ether oxygens (including phenoxy) is 3. The number of carbonyl (C=O) groups is 3. The summed E-state index contributed by atoms with van der Waals surface area (Å²) in [7, 11) is 0. The Morgan fingerprint density at radius 3 is 0.910 bits per heavy atom. The molecule has 0 bridgehead atoms. The monoisotopic (exact) mass is 937 g/mol. The van der Waals surface area contributed by atoms with Crippen LogP contribution in [0.25, 0.3) is 0 Å². The van der Waals surface area contributed by atoms with E-state index >= 15 is 0 Å². The van der Waals surface area contributed by atoms with E-state index in [0.717, 1.165) is 96.3 Å². The molecule has 0 saturated carbocycles. The molecule has 0 aromatic heterocycles. The van der Waals surface area contributed by atoms with E-state index < -0.39 is 6.10 Å². The van der Waals surface area contributed by atoms with Crippen LogP contribution >= 0.6 is 0 Å². The van der Waals surface area contributed by atoms with Gasteiger partial charge in [0.2, 0.25) is 0 Å². The van der Waals surface area contributed by atoms with Crippen molar-refractivity contribution in [3.63, 3.8) is 0 Å². The SMILES string of the molecule is CC/C=C\C/C=C\C/C=C\C/C=C\C/C=C\CCCCCCCCCCCCCCCCCC(=O)OCC(COC(=O)CCCCCCC)OC(=O)CCCCCCCCCCCCCCC. The first-order chi connectivity index (χ1) is 33.0. The number of carbonyl (C=O) groups excluding carboxylic acids is 3. The third kappa shape index (κ3) is 53.9. The second kappa shape index (κ2) is 55.7. The van der Waals surface area contributed by atoms with Gasteiger partial charge in [0.1, 0.15) is 13.2 Å². The first-order valence-electron chi connectivity index (χ1n) is 28.8. The summed E-state index contributed by atoms with van der Waals surface area (Å²) in [5.41, 5.74) is 0. The predicted octanol–water partition coefficient (Wildman–Crippen LogP) is 19.2. The van der Waals surface area contributed by atoms with Crippen LogP contribution in [0.4, 0.5) is 0 Å². The maximum absolute atomic E-state index is 12.7. The highest BCUT2D eigenvalue weighted by Crippen LogP contribution is 2.16. The van der Waals surface area contributed by atoms with Gasteiger partial charge >= 0.3 is 17.9 Å². The lowest BCUT2D eigenvalue weighted by atomic mass is 10.0. The summed E-state index contributed by atoms with van der Waals surface area (Å²) in [5, 5.41) is 0. The van der Waals surface area contributed by atoms with Gasteiger partial charge in [-0.2, -0.15) is 0 Å². The highest BCUT2D eigenvalue weighted by molar-refractivity contribution is 5.71. The number of unbranched alkanes of at least 4 members (excludes halogenated alkanes) is 31. The summed E-state index contributed by atoms with van der Waals surface area (Å²) < 4.78 is 16.7. The molecule has 6 nitrogen and oxygen atoms in total. The zero-order valence-electron chi connectivity index (χ0n) is 44.4. The summed E-state index contributed by atoms with van der Waals surface area (Å²) in [5.74, 6) is -0.873. The molecule has 0 aliphatic carbocycles. The van der Waals surface area contributed by atoms with E-state index in [1.807, 2.05) is 0 Å². The number of esters is 3. The Kier molecular flexibility index (Phi) is 53.3. The van der Waals surface area contributed by atoms with Gasteiger partial charge in [0, 0.05) is 19.3 Å². The molecule has 67 heavy (non-hydrogen) atoms. The van der Waals surface area contributed by atoms with Crippen molar-refractivity contribution in [2.45, 2.75) is 297 Å². The van der Waals surface area contributed by atoms with Crippen molar-refractivity contribution in [2.24, 2.45) is 0 Å². The van der Waals surface area contributed by atoms with Crippen molar-refractivity contribution < 1.29 is 28.6 Å². The third-order valence-electron chi connectivity index (χ3n) is 12.5. The molecule has 0 aliphatic rings. The average molecular weight is 938 g/mol. The summed E-state index contributed by atoms with van der Waals surface area (Å²) >= 11 is 0. The van der Waals surface area contributed by atoms with Crippen molar-refractivity contribution in [3.8, 4) is 0 Å². The lowest BCUT2D eigenvalue weighted by molar-refractivity contribution is -0.167. The van der Waals surface area contributed by atoms with Crippen LogP contribution in [0, 0.1) is 0 Å². The van der Waals surface area contributed by atoms with Crippen LogP contribution in [-0.2, 0) is 28.6 Å². The molecule has 0 aromatic carbocycles. The summed E-state index contributed by atoms with van der Waals surface area (Å²) in [6.07, 6.45) is 69.8. The molecule has 0 rings (SSSR count).